The van der Waals surface area contributed by atoms with Gasteiger partial charge in [0, 0.05) is 22.2 Å². The van der Waals surface area contributed by atoms with E-state index < -0.39 is 0 Å². The first-order chi connectivity index (χ1) is 12.5. The first-order valence-corrected chi connectivity index (χ1v) is 8.66. The molecule has 0 saturated heterocycles. The number of ether oxygens (including phenoxy) is 1. The number of pyridine rings is 1. The second-order valence-electron chi connectivity index (χ2n) is 6.22. The molecule has 3 rings (SSSR count). The number of allylic oxidation sites excluding steroid dienone is 1. The lowest BCUT2D eigenvalue weighted by molar-refractivity contribution is 0.288. The first-order valence-electron chi connectivity index (χ1n) is 8.29. The van der Waals surface area contributed by atoms with Gasteiger partial charge in [0.25, 0.3) is 0 Å². The van der Waals surface area contributed by atoms with Crippen LogP contribution in [0.4, 0.5) is 4.39 Å². The van der Waals surface area contributed by atoms with E-state index in [-0.39, 0.29) is 12.4 Å². The molecular weight excluding hydrogens is 349 g/mol. The van der Waals surface area contributed by atoms with E-state index in [0.717, 1.165) is 23.3 Å². The molecule has 2 aromatic carbocycles. The molecule has 0 spiro atoms. The van der Waals surface area contributed by atoms with Gasteiger partial charge in [-0.25, -0.2) is 9.37 Å². The Balaban J connectivity index is 1.72. The molecule has 132 valence electrons. The summed E-state index contributed by atoms with van der Waals surface area (Å²) in [4.78, 5) is 4.51. The van der Waals surface area contributed by atoms with Crippen molar-refractivity contribution in [2.24, 2.45) is 0 Å². The van der Waals surface area contributed by atoms with Crippen LogP contribution in [0.25, 0.3) is 11.3 Å². The third kappa shape index (κ3) is 4.70. The summed E-state index contributed by atoms with van der Waals surface area (Å²) < 4.78 is 19.5. The molecule has 0 unspecified atom stereocenters. The molecule has 0 fully saturated rings. The van der Waals surface area contributed by atoms with Crippen molar-refractivity contribution in [3.05, 3.63) is 94.8 Å². The molecule has 1 heterocycles. The maximum atomic E-state index is 13.8. The average Bonchev–Trinajstić information content (AvgIpc) is 2.61. The highest BCUT2D eigenvalue weighted by atomic mass is 35.5. The highest BCUT2D eigenvalue weighted by molar-refractivity contribution is 6.30. The Kier molecular flexibility index (Phi) is 5.69. The van der Waals surface area contributed by atoms with Crippen LogP contribution in [0.15, 0.2) is 72.8 Å². The van der Waals surface area contributed by atoms with Gasteiger partial charge in [0.1, 0.15) is 12.4 Å². The number of rotatable bonds is 6. The Bertz CT molecular complexity index is 922. The number of nitrogens with zero attached hydrogens (tertiary/aromatic N) is 1. The van der Waals surface area contributed by atoms with Crippen molar-refractivity contribution in [3.8, 4) is 17.1 Å². The average molecular weight is 368 g/mol. The fourth-order valence-electron chi connectivity index (χ4n) is 2.59. The van der Waals surface area contributed by atoms with Gasteiger partial charge in [0.15, 0.2) is 0 Å². The van der Waals surface area contributed by atoms with Crippen molar-refractivity contribution in [1.29, 1.82) is 0 Å². The smallest absolute Gasteiger partial charge is 0.214 e. The third-order valence-electron chi connectivity index (χ3n) is 3.87. The van der Waals surface area contributed by atoms with Crippen LogP contribution in [0.3, 0.4) is 0 Å². The van der Waals surface area contributed by atoms with Gasteiger partial charge in [0.2, 0.25) is 5.88 Å². The fourth-order valence-corrected chi connectivity index (χ4v) is 2.75. The lowest BCUT2D eigenvalue weighted by atomic mass is 10.0. The predicted octanol–water partition coefficient (Wildman–Crippen LogP) is 6.24. The zero-order valence-electron chi connectivity index (χ0n) is 14.5. The maximum Gasteiger partial charge on any atom is 0.214 e. The standard InChI is InChI=1S/C22H19ClFNO/c1-15(2)12-16-6-8-17(9-7-16)21-4-3-5-22(25-21)26-14-18-10-11-19(23)13-20(18)24/h3-11,13H,1,12,14H2,2H3. The van der Waals surface area contributed by atoms with E-state index in [1.54, 1.807) is 18.2 Å². The van der Waals surface area contributed by atoms with Crippen LogP contribution in [-0.4, -0.2) is 4.98 Å². The van der Waals surface area contributed by atoms with E-state index in [4.69, 9.17) is 16.3 Å². The maximum absolute atomic E-state index is 13.8. The molecule has 0 saturated carbocycles. The van der Waals surface area contributed by atoms with Crippen molar-refractivity contribution in [2.75, 3.05) is 0 Å². The van der Waals surface area contributed by atoms with Gasteiger partial charge in [-0.15, -0.1) is 0 Å². The SMILES string of the molecule is C=C(C)Cc1ccc(-c2cccc(OCc3ccc(Cl)cc3F)n2)cc1. The Labute approximate surface area is 157 Å². The molecule has 2 nitrogen and oxygen atoms in total. The summed E-state index contributed by atoms with van der Waals surface area (Å²) in [5, 5.41) is 0.362. The number of halogens is 2. The molecule has 1 aromatic heterocycles. The van der Waals surface area contributed by atoms with E-state index in [2.05, 4.69) is 23.7 Å². The monoisotopic (exact) mass is 367 g/mol. The lowest BCUT2D eigenvalue weighted by Gasteiger charge is -2.09. The summed E-state index contributed by atoms with van der Waals surface area (Å²) in [6.45, 7) is 6.04. The summed E-state index contributed by atoms with van der Waals surface area (Å²) in [5.41, 5.74) is 4.58. The zero-order chi connectivity index (χ0) is 18.5. The Morgan fingerprint density at radius 2 is 1.88 bits per heavy atom. The van der Waals surface area contributed by atoms with Gasteiger partial charge in [-0.1, -0.05) is 60.2 Å². The summed E-state index contributed by atoms with van der Waals surface area (Å²) in [6.07, 6.45) is 0.865. The number of aromatic nitrogens is 1. The number of hydrogen-bond donors (Lipinski definition) is 0. The van der Waals surface area contributed by atoms with Crippen LogP contribution in [0.2, 0.25) is 5.02 Å². The lowest BCUT2D eigenvalue weighted by Crippen LogP contribution is -2.00. The molecule has 0 aliphatic rings. The van der Waals surface area contributed by atoms with E-state index in [1.807, 2.05) is 31.2 Å². The molecule has 0 N–H and O–H groups in total. The van der Waals surface area contributed by atoms with Gasteiger partial charge in [-0.2, -0.15) is 0 Å². The molecule has 0 amide bonds. The quantitative estimate of drug-likeness (QED) is 0.481. The van der Waals surface area contributed by atoms with Gasteiger partial charge in [-0.3, -0.25) is 0 Å². The normalized spacial score (nSPS) is 10.6. The Morgan fingerprint density at radius 1 is 1.12 bits per heavy atom. The molecule has 0 aliphatic carbocycles. The van der Waals surface area contributed by atoms with Crippen molar-refractivity contribution in [3.63, 3.8) is 0 Å². The van der Waals surface area contributed by atoms with Crippen molar-refractivity contribution >= 4 is 11.6 Å². The summed E-state index contributed by atoms with van der Waals surface area (Å²) in [6, 6.07) is 18.3. The second-order valence-corrected chi connectivity index (χ2v) is 6.65. The summed E-state index contributed by atoms with van der Waals surface area (Å²) >= 11 is 5.76. The first kappa shape index (κ1) is 18.2. The number of hydrogen-bond acceptors (Lipinski definition) is 2. The molecule has 3 aromatic rings. The van der Waals surface area contributed by atoms with Crippen LogP contribution in [0.1, 0.15) is 18.1 Å². The van der Waals surface area contributed by atoms with E-state index in [0.29, 0.717) is 16.5 Å². The Hall–Kier alpha value is -2.65. The van der Waals surface area contributed by atoms with Crippen molar-refractivity contribution in [2.45, 2.75) is 20.0 Å². The van der Waals surface area contributed by atoms with Crippen LogP contribution < -0.4 is 4.74 Å². The minimum absolute atomic E-state index is 0.0943. The van der Waals surface area contributed by atoms with E-state index in [9.17, 15) is 4.39 Å². The minimum Gasteiger partial charge on any atom is -0.473 e. The van der Waals surface area contributed by atoms with Gasteiger partial charge < -0.3 is 4.74 Å². The van der Waals surface area contributed by atoms with Gasteiger partial charge in [0.05, 0.1) is 5.69 Å². The summed E-state index contributed by atoms with van der Waals surface area (Å²) in [5.74, 6) is 0.0598. The third-order valence-corrected chi connectivity index (χ3v) is 4.10. The van der Waals surface area contributed by atoms with E-state index in [1.165, 1.54) is 11.6 Å². The van der Waals surface area contributed by atoms with Crippen molar-refractivity contribution in [1.82, 2.24) is 4.98 Å². The van der Waals surface area contributed by atoms with E-state index >= 15 is 0 Å². The highest BCUT2D eigenvalue weighted by Gasteiger charge is 2.06. The molecule has 0 bridgehead atoms. The molecule has 0 atom stereocenters. The fraction of sp³-hybridized carbons (Fsp3) is 0.136. The topological polar surface area (TPSA) is 22.1 Å². The van der Waals surface area contributed by atoms with Crippen molar-refractivity contribution < 1.29 is 9.13 Å². The van der Waals surface area contributed by atoms with Gasteiger partial charge in [-0.05, 0) is 37.1 Å². The molecule has 0 radical (unpaired) electrons. The number of benzene rings is 2. The zero-order valence-corrected chi connectivity index (χ0v) is 15.3. The van der Waals surface area contributed by atoms with Gasteiger partial charge >= 0.3 is 0 Å². The molecular formula is C22H19ClFNO. The molecule has 0 aliphatic heterocycles. The molecule has 26 heavy (non-hydrogen) atoms. The van der Waals surface area contributed by atoms with Crippen LogP contribution in [0.5, 0.6) is 5.88 Å². The Morgan fingerprint density at radius 3 is 2.58 bits per heavy atom. The second kappa shape index (κ2) is 8.15. The van der Waals surface area contributed by atoms with Crippen LogP contribution >= 0.6 is 11.6 Å². The minimum atomic E-state index is -0.387. The molecule has 4 heteroatoms. The highest BCUT2D eigenvalue weighted by Crippen LogP contribution is 2.22. The summed E-state index contributed by atoms with van der Waals surface area (Å²) in [7, 11) is 0. The van der Waals surface area contributed by atoms with Crippen LogP contribution in [0, 0.1) is 5.82 Å². The predicted molar refractivity (Wildman–Crippen MR) is 104 cm³/mol. The van der Waals surface area contributed by atoms with Crippen LogP contribution in [-0.2, 0) is 13.0 Å². The largest absolute Gasteiger partial charge is 0.473 e.